The molecule has 1 saturated carbocycles. The molecule has 2 rings (SSSR count). The molecule has 0 bridgehead atoms. The number of aliphatic hydroxyl groups is 1. The highest BCUT2D eigenvalue weighted by Crippen LogP contribution is 2.27. The molecular weight excluding hydrogens is 292 g/mol. The van der Waals surface area contributed by atoms with Gasteiger partial charge in [0.15, 0.2) is 0 Å². The Kier molecular flexibility index (Phi) is 6.47. The molecule has 5 heteroatoms. The van der Waals surface area contributed by atoms with Crippen LogP contribution in [0, 0.1) is 0 Å². The Labute approximate surface area is 137 Å². The Morgan fingerprint density at radius 2 is 2.00 bits per heavy atom. The van der Waals surface area contributed by atoms with Gasteiger partial charge in [0, 0.05) is 18.7 Å². The number of carbonyl (C=O) groups is 1. The van der Waals surface area contributed by atoms with Crippen LogP contribution >= 0.6 is 0 Å². The summed E-state index contributed by atoms with van der Waals surface area (Å²) in [6.07, 6.45) is 6.40. The highest BCUT2D eigenvalue weighted by molar-refractivity contribution is 5.74. The second kappa shape index (κ2) is 8.58. The van der Waals surface area contributed by atoms with Gasteiger partial charge in [0.25, 0.3) is 0 Å². The van der Waals surface area contributed by atoms with Crippen LogP contribution in [0.25, 0.3) is 0 Å². The topological polar surface area (TPSA) is 70.6 Å². The SMILES string of the molecule is C=CCOc1ccccc1CNC(=O)NCC1(O)CCCCC1. The van der Waals surface area contributed by atoms with Crippen molar-refractivity contribution in [1.82, 2.24) is 10.6 Å². The van der Waals surface area contributed by atoms with Gasteiger partial charge >= 0.3 is 6.03 Å². The molecule has 0 spiro atoms. The fraction of sp³-hybridized carbons (Fsp3) is 0.500. The minimum absolute atomic E-state index is 0.275. The van der Waals surface area contributed by atoms with Crippen molar-refractivity contribution in [3.63, 3.8) is 0 Å². The zero-order chi connectivity index (χ0) is 16.5. The molecule has 2 amide bonds. The van der Waals surface area contributed by atoms with Crippen molar-refractivity contribution in [3.05, 3.63) is 42.5 Å². The Morgan fingerprint density at radius 3 is 2.74 bits per heavy atom. The van der Waals surface area contributed by atoms with Crippen molar-refractivity contribution in [1.29, 1.82) is 0 Å². The van der Waals surface area contributed by atoms with Gasteiger partial charge in [0.1, 0.15) is 12.4 Å². The molecule has 1 aliphatic rings. The van der Waals surface area contributed by atoms with Gasteiger partial charge in [0.2, 0.25) is 0 Å². The minimum Gasteiger partial charge on any atom is -0.489 e. The van der Waals surface area contributed by atoms with Crippen LogP contribution in [-0.2, 0) is 6.54 Å². The molecule has 0 atom stereocenters. The van der Waals surface area contributed by atoms with E-state index in [2.05, 4.69) is 17.2 Å². The maximum absolute atomic E-state index is 11.9. The number of nitrogens with one attached hydrogen (secondary N) is 2. The number of hydrogen-bond donors (Lipinski definition) is 3. The van der Waals surface area contributed by atoms with E-state index in [1.165, 1.54) is 0 Å². The van der Waals surface area contributed by atoms with E-state index >= 15 is 0 Å². The van der Waals surface area contributed by atoms with Crippen molar-refractivity contribution in [3.8, 4) is 5.75 Å². The normalized spacial score (nSPS) is 16.4. The van der Waals surface area contributed by atoms with Crippen LogP contribution in [0.15, 0.2) is 36.9 Å². The van der Waals surface area contributed by atoms with Gasteiger partial charge in [-0.2, -0.15) is 0 Å². The lowest BCUT2D eigenvalue weighted by Gasteiger charge is -2.32. The average Bonchev–Trinajstić information content (AvgIpc) is 2.58. The first-order valence-corrected chi connectivity index (χ1v) is 8.19. The number of hydrogen-bond acceptors (Lipinski definition) is 3. The zero-order valence-corrected chi connectivity index (χ0v) is 13.5. The maximum atomic E-state index is 11.9. The standard InChI is InChI=1S/C18H26N2O3/c1-2-12-23-16-9-5-4-8-15(16)13-19-17(21)20-14-18(22)10-6-3-7-11-18/h2,4-5,8-9,22H,1,3,6-7,10-14H2,(H2,19,20,21). The maximum Gasteiger partial charge on any atom is 0.315 e. The lowest BCUT2D eigenvalue weighted by Crippen LogP contribution is -2.47. The molecule has 23 heavy (non-hydrogen) atoms. The molecule has 0 saturated heterocycles. The molecular formula is C18H26N2O3. The molecule has 0 aromatic heterocycles. The summed E-state index contributed by atoms with van der Waals surface area (Å²) in [5.74, 6) is 0.735. The summed E-state index contributed by atoms with van der Waals surface area (Å²) < 4.78 is 5.56. The third-order valence-corrected chi connectivity index (χ3v) is 4.13. The van der Waals surface area contributed by atoms with Gasteiger partial charge in [-0.15, -0.1) is 0 Å². The van der Waals surface area contributed by atoms with Crippen LogP contribution in [-0.4, -0.2) is 29.9 Å². The number of para-hydroxylation sites is 1. The summed E-state index contributed by atoms with van der Waals surface area (Å²) in [5.41, 5.74) is 0.154. The van der Waals surface area contributed by atoms with Gasteiger partial charge in [-0.1, -0.05) is 50.1 Å². The molecule has 3 N–H and O–H groups in total. The fourth-order valence-corrected chi connectivity index (χ4v) is 2.81. The van der Waals surface area contributed by atoms with E-state index in [1.807, 2.05) is 24.3 Å². The Hall–Kier alpha value is -2.01. The fourth-order valence-electron chi connectivity index (χ4n) is 2.81. The van der Waals surface area contributed by atoms with Crippen LogP contribution < -0.4 is 15.4 Å². The van der Waals surface area contributed by atoms with E-state index in [4.69, 9.17) is 4.74 Å². The number of rotatable bonds is 7. The summed E-state index contributed by atoms with van der Waals surface area (Å²) in [6, 6.07) is 7.29. The Bertz CT molecular complexity index is 525. The van der Waals surface area contributed by atoms with E-state index in [0.29, 0.717) is 19.7 Å². The van der Waals surface area contributed by atoms with E-state index in [9.17, 15) is 9.90 Å². The number of ether oxygens (including phenoxy) is 1. The van der Waals surface area contributed by atoms with Crippen molar-refractivity contribution in [2.75, 3.05) is 13.2 Å². The molecule has 0 heterocycles. The second-order valence-corrected chi connectivity index (χ2v) is 6.03. The Balaban J connectivity index is 1.79. The first-order chi connectivity index (χ1) is 11.1. The highest BCUT2D eigenvalue weighted by atomic mass is 16.5. The van der Waals surface area contributed by atoms with Gasteiger partial charge in [0.05, 0.1) is 5.60 Å². The second-order valence-electron chi connectivity index (χ2n) is 6.03. The summed E-state index contributed by atoms with van der Waals surface area (Å²) in [4.78, 5) is 11.9. The quantitative estimate of drug-likeness (QED) is 0.677. The van der Waals surface area contributed by atoms with Crippen LogP contribution in [0.5, 0.6) is 5.75 Å². The van der Waals surface area contributed by atoms with Crippen LogP contribution in [0.2, 0.25) is 0 Å². The summed E-state index contributed by atoms with van der Waals surface area (Å²) in [6.45, 7) is 4.72. The summed E-state index contributed by atoms with van der Waals surface area (Å²) >= 11 is 0. The van der Waals surface area contributed by atoms with Gasteiger partial charge in [-0.3, -0.25) is 0 Å². The monoisotopic (exact) mass is 318 g/mol. The average molecular weight is 318 g/mol. The van der Waals surface area contributed by atoms with Crippen molar-refractivity contribution in [2.45, 2.75) is 44.2 Å². The zero-order valence-electron chi connectivity index (χ0n) is 13.5. The number of carbonyl (C=O) groups excluding carboxylic acids is 1. The molecule has 5 nitrogen and oxygen atoms in total. The first-order valence-electron chi connectivity index (χ1n) is 8.19. The first kappa shape index (κ1) is 17.3. The summed E-state index contributed by atoms with van der Waals surface area (Å²) in [5, 5.41) is 15.9. The third-order valence-electron chi connectivity index (χ3n) is 4.13. The molecule has 126 valence electrons. The number of urea groups is 1. The highest BCUT2D eigenvalue weighted by Gasteiger charge is 2.29. The molecule has 0 unspecified atom stereocenters. The molecule has 1 aliphatic carbocycles. The lowest BCUT2D eigenvalue weighted by molar-refractivity contribution is 0.00719. The molecule has 0 aliphatic heterocycles. The predicted molar refractivity (Wildman–Crippen MR) is 90.4 cm³/mol. The van der Waals surface area contributed by atoms with Crippen molar-refractivity contribution in [2.24, 2.45) is 0 Å². The predicted octanol–water partition coefficient (Wildman–Crippen LogP) is 2.75. The summed E-state index contributed by atoms with van der Waals surface area (Å²) in [7, 11) is 0. The van der Waals surface area contributed by atoms with Gasteiger partial charge in [-0.25, -0.2) is 4.79 Å². The lowest BCUT2D eigenvalue weighted by atomic mass is 9.85. The molecule has 0 radical (unpaired) electrons. The van der Waals surface area contributed by atoms with E-state index in [-0.39, 0.29) is 6.03 Å². The van der Waals surface area contributed by atoms with Gasteiger partial charge < -0.3 is 20.5 Å². The van der Waals surface area contributed by atoms with E-state index in [1.54, 1.807) is 6.08 Å². The van der Waals surface area contributed by atoms with E-state index < -0.39 is 5.60 Å². The number of amides is 2. The van der Waals surface area contributed by atoms with Crippen molar-refractivity contribution >= 4 is 6.03 Å². The third kappa shape index (κ3) is 5.60. The van der Waals surface area contributed by atoms with Crippen LogP contribution in [0.4, 0.5) is 4.79 Å². The molecule has 1 fully saturated rings. The van der Waals surface area contributed by atoms with Gasteiger partial charge in [-0.05, 0) is 18.9 Å². The molecule has 1 aromatic rings. The van der Waals surface area contributed by atoms with Crippen LogP contribution in [0.1, 0.15) is 37.7 Å². The minimum atomic E-state index is -0.749. The smallest absolute Gasteiger partial charge is 0.315 e. The van der Waals surface area contributed by atoms with Crippen LogP contribution in [0.3, 0.4) is 0 Å². The Morgan fingerprint density at radius 1 is 1.26 bits per heavy atom. The number of benzene rings is 1. The van der Waals surface area contributed by atoms with Crippen molar-refractivity contribution < 1.29 is 14.6 Å². The largest absolute Gasteiger partial charge is 0.489 e. The molecule has 1 aromatic carbocycles. The van der Waals surface area contributed by atoms with E-state index in [0.717, 1.165) is 43.4 Å².